The summed E-state index contributed by atoms with van der Waals surface area (Å²) < 4.78 is 0. The maximum atomic E-state index is 4.61. The van der Waals surface area contributed by atoms with Crippen molar-refractivity contribution in [1.82, 2.24) is 15.3 Å². The molecular formula is C14H25N3S. The first-order valence-corrected chi connectivity index (χ1v) is 7.72. The predicted octanol–water partition coefficient (Wildman–Crippen LogP) is 3.32. The normalized spacial score (nSPS) is 11.8. The molecule has 0 bridgehead atoms. The van der Waals surface area contributed by atoms with Crippen molar-refractivity contribution in [2.45, 2.75) is 58.9 Å². The van der Waals surface area contributed by atoms with Gasteiger partial charge in [0.15, 0.2) is 0 Å². The topological polar surface area (TPSA) is 37.8 Å². The summed E-state index contributed by atoms with van der Waals surface area (Å²) in [5.74, 6) is 3.05. The van der Waals surface area contributed by atoms with Crippen molar-refractivity contribution in [2.75, 3.05) is 5.75 Å². The molecule has 1 aromatic heterocycles. The maximum absolute atomic E-state index is 4.61. The van der Waals surface area contributed by atoms with E-state index in [4.69, 9.17) is 0 Å². The Labute approximate surface area is 115 Å². The second kappa shape index (κ2) is 7.10. The molecule has 0 amide bonds. The van der Waals surface area contributed by atoms with Gasteiger partial charge in [-0.1, -0.05) is 6.92 Å². The predicted molar refractivity (Wildman–Crippen MR) is 79.8 cm³/mol. The molecule has 0 saturated heterocycles. The van der Waals surface area contributed by atoms with Gasteiger partial charge in [0.2, 0.25) is 0 Å². The molecule has 0 aliphatic carbocycles. The lowest BCUT2D eigenvalue weighted by molar-refractivity contribution is 0.420. The Hall–Kier alpha value is -0.610. The van der Waals surface area contributed by atoms with E-state index in [1.165, 1.54) is 12.2 Å². The number of hydrogen-bond donors (Lipinski definition) is 1. The number of thioether (sulfide) groups is 1. The van der Waals surface area contributed by atoms with Gasteiger partial charge in [0.05, 0.1) is 11.4 Å². The summed E-state index contributed by atoms with van der Waals surface area (Å²) in [5, 5.41) is 3.46. The molecule has 4 heteroatoms. The number of hydrogen-bond acceptors (Lipinski definition) is 4. The molecule has 0 aromatic carbocycles. The Morgan fingerprint density at radius 1 is 1.28 bits per heavy atom. The molecule has 0 atom stereocenters. The summed E-state index contributed by atoms with van der Waals surface area (Å²) in [6.07, 6.45) is 1.20. The SMILES string of the molecule is CCCSCc1nc(C)cc(CNC(C)(C)C)n1. The fraction of sp³-hybridized carbons (Fsp3) is 0.714. The Balaban J connectivity index is 2.62. The van der Waals surface area contributed by atoms with Gasteiger partial charge in [-0.05, 0) is 45.9 Å². The standard InChI is InChI=1S/C14H25N3S/c1-6-7-18-10-13-16-11(2)8-12(17-13)9-15-14(3,4)5/h8,15H,6-7,9-10H2,1-5H3. The molecule has 1 N–H and O–H groups in total. The zero-order valence-electron chi connectivity index (χ0n) is 12.2. The van der Waals surface area contributed by atoms with Crippen LogP contribution in [0.1, 0.15) is 51.3 Å². The number of rotatable bonds is 6. The van der Waals surface area contributed by atoms with E-state index >= 15 is 0 Å². The van der Waals surface area contributed by atoms with Gasteiger partial charge < -0.3 is 5.32 Å². The third-order valence-electron chi connectivity index (χ3n) is 2.33. The Bertz CT molecular complexity index is 372. The molecular weight excluding hydrogens is 242 g/mol. The van der Waals surface area contributed by atoms with Gasteiger partial charge in [-0.15, -0.1) is 0 Å². The van der Waals surface area contributed by atoms with E-state index in [9.17, 15) is 0 Å². The van der Waals surface area contributed by atoms with Crippen LogP contribution in [0.5, 0.6) is 0 Å². The number of aryl methyl sites for hydroxylation is 1. The van der Waals surface area contributed by atoms with Crippen LogP contribution in [0.3, 0.4) is 0 Å². The zero-order chi connectivity index (χ0) is 13.6. The second-order valence-corrected chi connectivity index (χ2v) is 6.68. The highest BCUT2D eigenvalue weighted by atomic mass is 32.2. The monoisotopic (exact) mass is 267 g/mol. The van der Waals surface area contributed by atoms with Crippen molar-refractivity contribution in [2.24, 2.45) is 0 Å². The molecule has 0 fully saturated rings. The maximum Gasteiger partial charge on any atom is 0.138 e. The highest BCUT2D eigenvalue weighted by molar-refractivity contribution is 7.98. The second-order valence-electron chi connectivity index (χ2n) is 5.57. The van der Waals surface area contributed by atoms with E-state index in [-0.39, 0.29) is 5.54 Å². The van der Waals surface area contributed by atoms with Crippen molar-refractivity contribution in [3.05, 3.63) is 23.3 Å². The summed E-state index contributed by atoms with van der Waals surface area (Å²) in [7, 11) is 0. The van der Waals surface area contributed by atoms with Crippen LogP contribution in [-0.4, -0.2) is 21.3 Å². The van der Waals surface area contributed by atoms with Crippen LogP contribution in [0.15, 0.2) is 6.07 Å². The number of aromatic nitrogens is 2. The van der Waals surface area contributed by atoms with E-state index in [0.29, 0.717) is 0 Å². The van der Waals surface area contributed by atoms with Crippen molar-refractivity contribution in [3.63, 3.8) is 0 Å². The van der Waals surface area contributed by atoms with Gasteiger partial charge in [-0.25, -0.2) is 9.97 Å². The van der Waals surface area contributed by atoms with Gasteiger partial charge in [0, 0.05) is 17.8 Å². The van der Waals surface area contributed by atoms with Crippen molar-refractivity contribution < 1.29 is 0 Å². The molecule has 1 heterocycles. The quantitative estimate of drug-likeness (QED) is 0.802. The molecule has 0 aliphatic heterocycles. The fourth-order valence-electron chi connectivity index (χ4n) is 1.52. The van der Waals surface area contributed by atoms with Crippen LogP contribution in [0.2, 0.25) is 0 Å². The third-order valence-corrected chi connectivity index (χ3v) is 3.49. The van der Waals surface area contributed by atoms with Gasteiger partial charge in [0.1, 0.15) is 5.82 Å². The van der Waals surface area contributed by atoms with E-state index < -0.39 is 0 Å². The number of nitrogens with zero attached hydrogens (tertiary/aromatic N) is 2. The smallest absolute Gasteiger partial charge is 0.138 e. The highest BCUT2D eigenvalue weighted by Crippen LogP contribution is 2.11. The summed E-state index contributed by atoms with van der Waals surface area (Å²) in [6, 6.07) is 2.06. The molecule has 1 aromatic rings. The largest absolute Gasteiger partial charge is 0.306 e. The van der Waals surface area contributed by atoms with Crippen LogP contribution in [0.25, 0.3) is 0 Å². The minimum Gasteiger partial charge on any atom is -0.306 e. The van der Waals surface area contributed by atoms with Crippen LogP contribution in [0, 0.1) is 6.92 Å². The lowest BCUT2D eigenvalue weighted by atomic mass is 10.1. The van der Waals surface area contributed by atoms with E-state index in [0.717, 1.165) is 29.5 Å². The number of nitrogens with one attached hydrogen (secondary N) is 1. The average molecular weight is 267 g/mol. The summed E-state index contributed by atoms with van der Waals surface area (Å²) in [4.78, 5) is 9.10. The van der Waals surface area contributed by atoms with Crippen LogP contribution in [-0.2, 0) is 12.3 Å². The van der Waals surface area contributed by atoms with Crippen LogP contribution >= 0.6 is 11.8 Å². The first kappa shape index (κ1) is 15.4. The first-order valence-electron chi connectivity index (χ1n) is 6.57. The van der Waals surface area contributed by atoms with Crippen molar-refractivity contribution >= 4 is 11.8 Å². The first-order chi connectivity index (χ1) is 8.40. The Morgan fingerprint density at radius 2 is 2.00 bits per heavy atom. The summed E-state index contributed by atoms with van der Waals surface area (Å²) >= 11 is 1.90. The Kier molecular flexibility index (Phi) is 6.09. The average Bonchev–Trinajstić information content (AvgIpc) is 2.25. The molecule has 0 spiro atoms. The molecule has 0 aliphatic rings. The van der Waals surface area contributed by atoms with Crippen LogP contribution in [0.4, 0.5) is 0 Å². The van der Waals surface area contributed by atoms with E-state index in [2.05, 4.69) is 49.0 Å². The molecule has 0 saturated carbocycles. The molecule has 0 radical (unpaired) electrons. The highest BCUT2D eigenvalue weighted by Gasteiger charge is 2.10. The van der Waals surface area contributed by atoms with Gasteiger partial charge in [-0.2, -0.15) is 11.8 Å². The zero-order valence-corrected chi connectivity index (χ0v) is 13.0. The van der Waals surface area contributed by atoms with Gasteiger partial charge in [-0.3, -0.25) is 0 Å². The molecule has 3 nitrogen and oxygen atoms in total. The molecule has 102 valence electrons. The lowest BCUT2D eigenvalue weighted by Crippen LogP contribution is -2.35. The summed E-state index contributed by atoms with van der Waals surface area (Å²) in [6.45, 7) is 11.5. The van der Waals surface area contributed by atoms with Gasteiger partial charge >= 0.3 is 0 Å². The molecule has 0 unspecified atom stereocenters. The van der Waals surface area contributed by atoms with Crippen LogP contribution < -0.4 is 5.32 Å². The van der Waals surface area contributed by atoms with Gasteiger partial charge in [0.25, 0.3) is 0 Å². The molecule has 1 rings (SSSR count). The van der Waals surface area contributed by atoms with E-state index in [1.807, 2.05) is 18.7 Å². The third kappa shape index (κ3) is 6.36. The fourth-order valence-corrected chi connectivity index (χ4v) is 2.26. The van der Waals surface area contributed by atoms with E-state index in [1.54, 1.807) is 0 Å². The lowest BCUT2D eigenvalue weighted by Gasteiger charge is -2.20. The minimum atomic E-state index is 0.121. The van der Waals surface area contributed by atoms with Crippen molar-refractivity contribution in [3.8, 4) is 0 Å². The summed E-state index contributed by atoms with van der Waals surface area (Å²) in [5.41, 5.74) is 2.27. The molecule has 18 heavy (non-hydrogen) atoms. The Morgan fingerprint density at radius 3 is 2.61 bits per heavy atom. The van der Waals surface area contributed by atoms with Crippen molar-refractivity contribution in [1.29, 1.82) is 0 Å². The minimum absolute atomic E-state index is 0.121.